The van der Waals surface area contributed by atoms with Crippen molar-refractivity contribution in [3.05, 3.63) is 0 Å². The minimum atomic E-state index is -0.961. The molecule has 0 spiro atoms. The molecule has 0 unspecified atom stereocenters. The molecule has 1 aliphatic rings. The first kappa shape index (κ1) is 11.5. The van der Waals surface area contributed by atoms with Crippen molar-refractivity contribution in [1.82, 2.24) is 4.90 Å². The molecule has 1 amide bonds. The number of amides is 1. The SMILES string of the molecule is CCCN1C(=O)[C@@H](CC(=O)O)SC1=S. The van der Waals surface area contributed by atoms with Gasteiger partial charge in [0.25, 0.3) is 0 Å². The third-order valence-electron chi connectivity index (χ3n) is 1.81. The van der Waals surface area contributed by atoms with Crippen LogP contribution in [0.5, 0.6) is 0 Å². The van der Waals surface area contributed by atoms with Gasteiger partial charge in [-0.05, 0) is 6.42 Å². The molecule has 1 N–H and O–H groups in total. The highest BCUT2D eigenvalue weighted by atomic mass is 32.2. The van der Waals surface area contributed by atoms with Gasteiger partial charge in [0, 0.05) is 6.54 Å². The quantitative estimate of drug-likeness (QED) is 0.737. The fourth-order valence-corrected chi connectivity index (χ4v) is 2.75. The van der Waals surface area contributed by atoms with Gasteiger partial charge in [0.15, 0.2) is 0 Å². The third-order valence-corrected chi connectivity index (χ3v) is 3.40. The van der Waals surface area contributed by atoms with Gasteiger partial charge in [-0.2, -0.15) is 0 Å². The van der Waals surface area contributed by atoms with E-state index in [-0.39, 0.29) is 12.3 Å². The molecule has 1 fully saturated rings. The molecule has 1 saturated heterocycles. The standard InChI is InChI=1S/C8H11NO3S2/c1-2-3-9-7(12)5(4-6(10)11)14-8(9)13/h5H,2-4H2,1H3,(H,10,11)/t5-/m1/s1. The lowest BCUT2D eigenvalue weighted by Crippen LogP contribution is -2.32. The van der Waals surface area contributed by atoms with Gasteiger partial charge in [-0.15, -0.1) is 0 Å². The van der Waals surface area contributed by atoms with E-state index in [9.17, 15) is 9.59 Å². The number of thioether (sulfide) groups is 1. The Bertz CT molecular complexity index is 280. The molecular formula is C8H11NO3S2. The summed E-state index contributed by atoms with van der Waals surface area (Å²) in [5.41, 5.74) is 0. The molecule has 0 aromatic heterocycles. The summed E-state index contributed by atoms with van der Waals surface area (Å²) >= 11 is 6.17. The average molecular weight is 233 g/mol. The molecule has 1 aliphatic heterocycles. The number of rotatable bonds is 4. The lowest BCUT2D eigenvalue weighted by atomic mass is 10.2. The zero-order chi connectivity index (χ0) is 10.7. The Morgan fingerprint density at radius 3 is 2.86 bits per heavy atom. The van der Waals surface area contributed by atoms with E-state index in [0.29, 0.717) is 10.9 Å². The molecular weight excluding hydrogens is 222 g/mol. The van der Waals surface area contributed by atoms with E-state index < -0.39 is 11.2 Å². The summed E-state index contributed by atoms with van der Waals surface area (Å²) in [7, 11) is 0. The van der Waals surface area contributed by atoms with E-state index in [1.165, 1.54) is 16.7 Å². The van der Waals surface area contributed by atoms with E-state index >= 15 is 0 Å². The van der Waals surface area contributed by atoms with Crippen molar-refractivity contribution in [2.45, 2.75) is 25.0 Å². The molecule has 0 aromatic rings. The number of carbonyl (C=O) groups is 2. The van der Waals surface area contributed by atoms with Gasteiger partial charge >= 0.3 is 5.97 Å². The molecule has 0 aromatic carbocycles. The Morgan fingerprint density at radius 2 is 2.36 bits per heavy atom. The average Bonchev–Trinajstić information content (AvgIpc) is 2.32. The van der Waals surface area contributed by atoms with E-state index in [1.807, 2.05) is 6.92 Å². The number of aliphatic carboxylic acids is 1. The van der Waals surface area contributed by atoms with Crippen molar-refractivity contribution >= 4 is 40.2 Å². The predicted octanol–water partition coefficient (Wildman–Crippen LogP) is 1.10. The molecule has 4 nitrogen and oxygen atoms in total. The van der Waals surface area contributed by atoms with Gasteiger partial charge in [0.2, 0.25) is 5.91 Å². The van der Waals surface area contributed by atoms with E-state index in [0.717, 1.165) is 6.42 Å². The second kappa shape index (κ2) is 4.75. The monoisotopic (exact) mass is 233 g/mol. The number of hydrogen-bond acceptors (Lipinski definition) is 4. The fourth-order valence-electron chi connectivity index (χ4n) is 1.21. The Kier molecular flexibility index (Phi) is 3.88. The van der Waals surface area contributed by atoms with Gasteiger partial charge in [0.1, 0.15) is 9.57 Å². The molecule has 14 heavy (non-hydrogen) atoms. The van der Waals surface area contributed by atoms with Crippen molar-refractivity contribution in [3.8, 4) is 0 Å². The molecule has 0 radical (unpaired) electrons. The van der Waals surface area contributed by atoms with Gasteiger partial charge in [0.05, 0.1) is 6.42 Å². The lowest BCUT2D eigenvalue weighted by molar-refractivity contribution is -0.139. The number of hydrogen-bond donors (Lipinski definition) is 1. The van der Waals surface area contributed by atoms with Crippen LogP contribution in [0.15, 0.2) is 0 Å². The van der Waals surface area contributed by atoms with Gasteiger partial charge in [-0.25, -0.2) is 0 Å². The number of carboxylic acid groups (broad SMARTS) is 1. The normalized spacial score (nSPS) is 21.8. The van der Waals surface area contributed by atoms with Crippen LogP contribution in [-0.2, 0) is 9.59 Å². The highest BCUT2D eigenvalue weighted by Gasteiger charge is 2.37. The maximum Gasteiger partial charge on any atom is 0.305 e. The summed E-state index contributed by atoms with van der Waals surface area (Å²) in [4.78, 5) is 23.5. The van der Waals surface area contributed by atoms with Crippen LogP contribution in [-0.4, -0.2) is 38.0 Å². The highest BCUT2D eigenvalue weighted by molar-refractivity contribution is 8.24. The maximum absolute atomic E-state index is 11.6. The number of carbonyl (C=O) groups excluding carboxylic acids is 1. The largest absolute Gasteiger partial charge is 0.481 e. The maximum atomic E-state index is 11.6. The Labute approximate surface area is 91.6 Å². The summed E-state index contributed by atoms with van der Waals surface area (Å²) in [5, 5.41) is 8.05. The summed E-state index contributed by atoms with van der Waals surface area (Å²) in [6, 6.07) is 0. The molecule has 1 heterocycles. The Morgan fingerprint density at radius 1 is 1.71 bits per heavy atom. The van der Waals surface area contributed by atoms with Crippen LogP contribution in [0.3, 0.4) is 0 Å². The highest BCUT2D eigenvalue weighted by Crippen LogP contribution is 2.29. The Hall–Kier alpha value is -0.620. The third kappa shape index (κ3) is 2.45. The van der Waals surface area contributed by atoms with Gasteiger partial charge < -0.3 is 5.11 Å². The van der Waals surface area contributed by atoms with E-state index in [4.69, 9.17) is 17.3 Å². The van der Waals surface area contributed by atoms with Crippen LogP contribution in [0.4, 0.5) is 0 Å². The van der Waals surface area contributed by atoms with Crippen molar-refractivity contribution in [2.24, 2.45) is 0 Å². The van der Waals surface area contributed by atoms with Gasteiger partial charge in [-0.1, -0.05) is 30.9 Å². The van der Waals surface area contributed by atoms with Crippen molar-refractivity contribution in [3.63, 3.8) is 0 Å². The van der Waals surface area contributed by atoms with Crippen LogP contribution in [0.2, 0.25) is 0 Å². The van der Waals surface area contributed by atoms with Crippen LogP contribution < -0.4 is 0 Å². The summed E-state index contributed by atoms with van der Waals surface area (Å²) in [6.45, 7) is 2.53. The topological polar surface area (TPSA) is 57.6 Å². The fraction of sp³-hybridized carbons (Fsp3) is 0.625. The smallest absolute Gasteiger partial charge is 0.305 e. The number of carboxylic acids is 1. The summed E-state index contributed by atoms with van der Waals surface area (Å²) in [6.07, 6.45) is 0.677. The Balaban J connectivity index is 2.64. The molecule has 78 valence electrons. The first-order chi connectivity index (χ1) is 6.56. The van der Waals surface area contributed by atoms with E-state index in [2.05, 4.69) is 0 Å². The molecule has 0 bridgehead atoms. The molecule has 0 aliphatic carbocycles. The van der Waals surface area contributed by atoms with E-state index in [1.54, 1.807) is 0 Å². The van der Waals surface area contributed by atoms with Gasteiger partial charge in [-0.3, -0.25) is 14.5 Å². The predicted molar refractivity (Wildman–Crippen MR) is 58.2 cm³/mol. The summed E-state index contributed by atoms with van der Waals surface area (Å²) < 4.78 is 0.503. The second-order valence-corrected chi connectivity index (χ2v) is 4.80. The van der Waals surface area contributed by atoms with Crippen LogP contribution in [0.25, 0.3) is 0 Å². The first-order valence-corrected chi connectivity index (χ1v) is 5.58. The van der Waals surface area contributed by atoms with Crippen LogP contribution in [0, 0.1) is 0 Å². The summed E-state index contributed by atoms with van der Waals surface area (Å²) in [5.74, 6) is -1.12. The first-order valence-electron chi connectivity index (χ1n) is 4.30. The molecule has 1 atom stereocenters. The zero-order valence-electron chi connectivity index (χ0n) is 7.73. The minimum absolute atomic E-state index is 0.149. The molecule has 6 heteroatoms. The van der Waals surface area contributed by atoms with Crippen LogP contribution in [0.1, 0.15) is 19.8 Å². The zero-order valence-corrected chi connectivity index (χ0v) is 9.36. The number of thiocarbonyl (C=S) groups is 1. The van der Waals surface area contributed by atoms with Crippen molar-refractivity contribution in [2.75, 3.05) is 6.54 Å². The lowest BCUT2D eigenvalue weighted by Gasteiger charge is -2.13. The van der Waals surface area contributed by atoms with Crippen molar-refractivity contribution < 1.29 is 14.7 Å². The second-order valence-electron chi connectivity index (χ2n) is 2.96. The van der Waals surface area contributed by atoms with Crippen molar-refractivity contribution in [1.29, 1.82) is 0 Å². The molecule has 0 saturated carbocycles. The minimum Gasteiger partial charge on any atom is -0.481 e. The number of nitrogens with zero attached hydrogens (tertiary/aromatic N) is 1. The molecule has 1 rings (SSSR count). The van der Waals surface area contributed by atoms with Crippen LogP contribution >= 0.6 is 24.0 Å².